The number of aromatic nitrogens is 3. The molecule has 150 valence electrons. The maximum atomic E-state index is 8.78. The lowest BCUT2D eigenvalue weighted by atomic mass is 9.92. The molecule has 0 bridgehead atoms. The van der Waals surface area contributed by atoms with Gasteiger partial charge in [-0.3, -0.25) is 5.41 Å². The second-order valence-corrected chi connectivity index (χ2v) is 7.66. The lowest BCUT2D eigenvalue weighted by molar-refractivity contribution is 0.254. The third-order valence-corrected chi connectivity index (χ3v) is 5.25. The van der Waals surface area contributed by atoms with Crippen molar-refractivity contribution in [1.29, 1.82) is 5.41 Å². The van der Waals surface area contributed by atoms with Gasteiger partial charge in [0.25, 0.3) is 5.88 Å². The van der Waals surface area contributed by atoms with Gasteiger partial charge in [0.15, 0.2) is 5.69 Å². The molecule has 1 aliphatic carbocycles. The van der Waals surface area contributed by atoms with Crippen LogP contribution in [0.15, 0.2) is 35.5 Å². The molecule has 4 rings (SSSR count). The van der Waals surface area contributed by atoms with Gasteiger partial charge < -0.3 is 14.6 Å². The largest absolute Gasteiger partial charge is 0.474 e. The molecule has 0 aromatic carbocycles. The number of ether oxygens (including phenoxy) is 1. The van der Waals surface area contributed by atoms with E-state index in [1.54, 1.807) is 4.52 Å². The van der Waals surface area contributed by atoms with Gasteiger partial charge in [-0.1, -0.05) is 6.07 Å². The molecule has 29 heavy (non-hydrogen) atoms. The number of rotatable bonds is 5. The van der Waals surface area contributed by atoms with Crippen LogP contribution in [-0.4, -0.2) is 58.2 Å². The van der Waals surface area contributed by atoms with Crippen molar-refractivity contribution in [2.75, 3.05) is 27.2 Å². The van der Waals surface area contributed by atoms with Crippen LogP contribution in [0, 0.1) is 19.3 Å². The van der Waals surface area contributed by atoms with Crippen LogP contribution in [-0.2, 0) is 0 Å². The van der Waals surface area contributed by atoms with Crippen LogP contribution < -0.4 is 4.74 Å². The van der Waals surface area contributed by atoms with E-state index in [-0.39, 0.29) is 0 Å². The van der Waals surface area contributed by atoms with E-state index in [1.165, 1.54) is 0 Å². The molecule has 0 fully saturated rings. The highest BCUT2D eigenvalue weighted by atomic mass is 16.5. The Morgan fingerprint density at radius 3 is 2.79 bits per heavy atom. The predicted octanol–water partition coefficient (Wildman–Crippen LogP) is 3.78. The predicted molar refractivity (Wildman–Crippen MR) is 117 cm³/mol. The van der Waals surface area contributed by atoms with E-state index < -0.39 is 0 Å². The number of pyridine rings is 1. The van der Waals surface area contributed by atoms with Gasteiger partial charge in [-0.05, 0) is 64.2 Å². The van der Waals surface area contributed by atoms with Crippen molar-refractivity contribution in [1.82, 2.24) is 19.5 Å². The number of aromatic amines is 1. The molecule has 2 N–H and O–H groups in total. The summed E-state index contributed by atoms with van der Waals surface area (Å²) < 4.78 is 7.72. The number of nitrogens with zero attached hydrogens (tertiary/aromatic N) is 4. The molecular weight excluding hydrogens is 364 g/mol. The number of aryl methyl sites for hydroxylation is 1. The minimum absolute atomic E-state index is 0.418. The second kappa shape index (κ2) is 7.33. The molecule has 0 amide bonds. The molecule has 7 heteroatoms. The van der Waals surface area contributed by atoms with Gasteiger partial charge in [0, 0.05) is 24.0 Å². The number of allylic oxidation sites excluding steroid dienone is 2. The monoisotopic (exact) mass is 390 g/mol. The number of fused-ring (bicyclic) bond motifs is 2. The summed E-state index contributed by atoms with van der Waals surface area (Å²) in [6.07, 6.45) is 3.83. The van der Waals surface area contributed by atoms with Gasteiger partial charge in [-0.2, -0.15) is 0 Å². The van der Waals surface area contributed by atoms with Gasteiger partial charge >= 0.3 is 0 Å². The summed E-state index contributed by atoms with van der Waals surface area (Å²) in [6, 6.07) is 5.84. The average molecular weight is 390 g/mol. The Bertz CT molecular complexity index is 1160. The van der Waals surface area contributed by atoms with Crippen LogP contribution in [0.1, 0.15) is 29.4 Å². The van der Waals surface area contributed by atoms with Crippen molar-refractivity contribution in [3.63, 3.8) is 0 Å². The zero-order valence-corrected chi connectivity index (χ0v) is 17.5. The van der Waals surface area contributed by atoms with Crippen LogP contribution in [0.4, 0.5) is 5.69 Å². The highest BCUT2D eigenvalue weighted by molar-refractivity contribution is 6.54. The molecule has 0 atom stereocenters. The van der Waals surface area contributed by atoms with E-state index in [0.717, 1.165) is 40.1 Å². The lowest BCUT2D eigenvalue weighted by Gasteiger charge is -2.15. The fourth-order valence-corrected chi connectivity index (χ4v) is 3.50. The van der Waals surface area contributed by atoms with E-state index in [2.05, 4.69) is 15.0 Å². The molecule has 0 aliphatic heterocycles. The summed E-state index contributed by atoms with van der Waals surface area (Å²) in [6.45, 7) is 7.42. The Hall–Kier alpha value is -3.19. The number of hydrogen-bond donors (Lipinski definition) is 2. The number of H-pyrrole nitrogens is 1. The van der Waals surface area contributed by atoms with Crippen LogP contribution in [0.2, 0.25) is 0 Å². The molecular formula is C22H26N6O. The third kappa shape index (κ3) is 3.38. The average Bonchev–Trinajstić information content (AvgIpc) is 3.17. The highest BCUT2D eigenvalue weighted by Crippen LogP contribution is 2.34. The van der Waals surface area contributed by atoms with E-state index in [1.807, 2.05) is 65.3 Å². The molecule has 3 heterocycles. The first kappa shape index (κ1) is 19.1. The molecule has 3 aromatic heterocycles. The summed E-state index contributed by atoms with van der Waals surface area (Å²) >= 11 is 0. The molecule has 3 aromatic rings. The van der Waals surface area contributed by atoms with E-state index in [9.17, 15) is 0 Å². The number of nitrogens with one attached hydrogen (secondary N) is 2. The normalized spacial score (nSPS) is 15.3. The van der Waals surface area contributed by atoms with Crippen molar-refractivity contribution in [3.8, 4) is 5.88 Å². The molecule has 0 saturated carbocycles. The summed E-state index contributed by atoms with van der Waals surface area (Å²) in [7, 11) is 4.01. The fraction of sp³-hybridized carbons (Fsp3) is 0.318. The Morgan fingerprint density at radius 1 is 1.24 bits per heavy atom. The zero-order valence-electron chi connectivity index (χ0n) is 17.5. The SMILES string of the molecule is CC1=C/C(=N\c2c(OCCN(C)C)nn3ccccc23)C(=N)c2c1[nH]c(C)c2C. The van der Waals surface area contributed by atoms with Crippen LogP contribution >= 0.6 is 0 Å². The smallest absolute Gasteiger partial charge is 0.260 e. The summed E-state index contributed by atoms with van der Waals surface area (Å²) in [5.74, 6) is 0.483. The first-order valence-electron chi connectivity index (χ1n) is 9.67. The standard InChI is InChI=1S/C22H26N6O/c1-13-12-16(19(23)18-14(2)15(3)24-20(13)18)25-21-17-8-6-7-9-28(17)26-22(21)29-11-10-27(4)5/h6-9,12,23-24H,10-11H2,1-5H3/b23-19?,25-16+. The van der Waals surface area contributed by atoms with Crippen LogP contribution in [0.5, 0.6) is 5.88 Å². The van der Waals surface area contributed by atoms with Gasteiger partial charge in [-0.25, -0.2) is 9.51 Å². The van der Waals surface area contributed by atoms with Crippen molar-refractivity contribution >= 4 is 28.2 Å². The molecule has 7 nitrogen and oxygen atoms in total. The number of hydrogen-bond acceptors (Lipinski definition) is 5. The number of aliphatic imine (C=N–C) groups is 1. The Labute approximate surface area is 170 Å². The van der Waals surface area contributed by atoms with E-state index in [4.69, 9.17) is 15.1 Å². The molecule has 1 aliphatic rings. The topological polar surface area (TPSA) is 81.8 Å². The fourth-order valence-electron chi connectivity index (χ4n) is 3.50. The summed E-state index contributed by atoms with van der Waals surface area (Å²) in [5, 5.41) is 13.3. The minimum atomic E-state index is 0.418. The quantitative estimate of drug-likeness (QED) is 0.696. The second-order valence-electron chi connectivity index (χ2n) is 7.66. The van der Waals surface area contributed by atoms with Crippen molar-refractivity contribution in [2.24, 2.45) is 4.99 Å². The van der Waals surface area contributed by atoms with Crippen molar-refractivity contribution in [2.45, 2.75) is 20.8 Å². The molecule has 0 radical (unpaired) electrons. The molecule has 0 spiro atoms. The first-order chi connectivity index (χ1) is 13.9. The van der Waals surface area contributed by atoms with Gasteiger partial charge in [0.2, 0.25) is 0 Å². The van der Waals surface area contributed by atoms with Gasteiger partial charge in [0.1, 0.15) is 6.61 Å². The maximum Gasteiger partial charge on any atom is 0.260 e. The summed E-state index contributed by atoms with van der Waals surface area (Å²) in [4.78, 5) is 10.3. The van der Waals surface area contributed by atoms with Gasteiger partial charge in [0.05, 0.1) is 22.6 Å². The molecule has 0 unspecified atom stereocenters. The van der Waals surface area contributed by atoms with Crippen LogP contribution in [0.3, 0.4) is 0 Å². The molecule has 0 saturated heterocycles. The van der Waals surface area contributed by atoms with E-state index in [0.29, 0.717) is 29.6 Å². The Balaban J connectivity index is 1.80. The lowest BCUT2D eigenvalue weighted by Crippen LogP contribution is -2.20. The van der Waals surface area contributed by atoms with Crippen molar-refractivity contribution in [3.05, 3.63) is 53.0 Å². The zero-order chi connectivity index (χ0) is 20.7. The van der Waals surface area contributed by atoms with Crippen molar-refractivity contribution < 1.29 is 4.74 Å². The Morgan fingerprint density at radius 2 is 2.03 bits per heavy atom. The van der Waals surface area contributed by atoms with Crippen LogP contribution in [0.25, 0.3) is 11.1 Å². The van der Waals surface area contributed by atoms with E-state index >= 15 is 0 Å². The first-order valence-corrected chi connectivity index (χ1v) is 9.67. The maximum absolute atomic E-state index is 8.78. The minimum Gasteiger partial charge on any atom is -0.474 e. The number of likely N-dealkylation sites (N-methyl/N-ethyl adjacent to an activating group) is 1. The Kier molecular flexibility index (Phi) is 4.84. The van der Waals surface area contributed by atoms with Gasteiger partial charge in [-0.15, -0.1) is 5.10 Å². The highest BCUT2D eigenvalue weighted by Gasteiger charge is 2.25. The third-order valence-electron chi connectivity index (χ3n) is 5.25. The summed E-state index contributed by atoms with van der Waals surface area (Å²) in [5.41, 5.74) is 7.71.